The number of aromatic nitrogens is 1. The van der Waals surface area contributed by atoms with Gasteiger partial charge in [-0.05, 0) is 17.7 Å². The van der Waals surface area contributed by atoms with E-state index in [0.29, 0.717) is 12.4 Å². The number of carbonyl (C=O) groups excluding carboxylic acids is 3. The number of hydrogen-bond donors (Lipinski definition) is 0. The summed E-state index contributed by atoms with van der Waals surface area (Å²) in [6, 6.07) is 12.7. The van der Waals surface area contributed by atoms with Gasteiger partial charge in [-0.1, -0.05) is 30.3 Å². The Bertz CT molecular complexity index is 695. The van der Waals surface area contributed by atoms with Gasteiger partial charge in [0.05, 0.1) is 19.7 Å². The highest BCUT2D eigenvalue weighted by atomic mass is 16.5. The third-order valence-electron chi connectivity index (χ3n) is 3.00. The van der Waals surface area contributed by atoms with Crippen LogP contribution in [-0.2, 0) is 20.9 Å². The third kappa shape index (κ3) is 4.74. The zero-order valence-corrected chi connectivity index (χ0v) is 12.5. The highest BCUT2D eigenvalue weighted by Crippen LogP contribution is 2.13. The molecule has 0 aliphatic rings. The van der Waals surface area contributed by atoms with Gasteiger partial charge in [0.1, 0.15) is 18.1 Å². The first kappa shape index (κ1) is 16.4. The van der Waals surface area contributed by atoms with Crippen molar-refractivity contribution >= 4 is 17.5 Å². The van der Waals surface area contributed by atoms with Gasteiger partial charge in [0, 0.05) is 0 Å². The Hall–Kier alpha value is -3.02. The smallest absolute Gasteiger partial charge is 0.374 e. The lowest BCUT2D eigenvalue weighted by atomic mass is 10.1. The van der Waals surface area contributed by atoms with E-state index in [2.05, 4.69) is 9.72 Å². The molecule has 0 atom stereocenters. The van der Waals surface area contributed by atoms with Crippen LogP contribution in [0.5, 0.6) is 5.75 Å². The fourth-order valence-corrected chi connectivity index (χ4v) is 1.79. The maximum absolute atomic E-state index is 11.8. The zero-order chi connectivity index (χ0) is 16.7. The number of benzene rings is 1. The first-order valence-electron chi connectivity index (χ1n) is 6.87. The molecule has 0 radical (unpaired) electrons. The van der Waals surface area contributed by atoms with Gasteiger partial charge >= 0.3 is 5.97 Å². The lowest BCUT2D eigenvalue weighted by Crippen LogP contribution is -2.19. The van der Waals surface area contributed by atoms with Gasteiger partial charge in [-0.2, -0.15) is 0 Å². The number of hydrogen-bond acceptors (Lipinski definition) is 6. The fourth-order valence-electron chi connectivity index (χ4n) is 1.79. The summed E-state index contributed by atoms with van der Waals surface area (Å²) >= 11 is 0. The second-order valence-corrected chi connectivity index (χ2v) is 4.67. The van der Waals surface area contributed by atoms with Gasteiger partial charge in [0.15, 0.2) is 5.78 Å². The van der Waals surface area contributed by atoms with Crippen LogP contribution in [0.1, 0.15) is 22.5 Å². The first-order chi connectivity index (χ1) is 11.1. The average Bonchev–Trinajstić information content (AvgIpc) is 2.60. The van der Waals surface area contributed by atoms with Crippen LogP contribution in [0.3, 0.4) is 0 Å². The summed E-state index contributed by atoms with van der Waals surface area (Å²) in [5.74, 6) is -1.98. The van der Waals surface area contributed by atoms with Gasteiger partial charge in [0.25, 0.3) is 0 Å². The molecular weight excluding hydrogens is 298 g/mol. The van der Waals surface area contributed by atoms with Crippen LogP contribution < -0.4 is 4.74 Å². The molecule has 0 amide bonds. The van der Waals surface area contributed by atoms with Crippen molar-refractivity contribution in [1.29, 1.82) is 0 Å². The van der Waals surface area contributed by atoms with E-state index >= 15 is 0 Å². The molecule has 23 heavy (non-hydrogen) atoms. The van der Waals surface area contributed by atoms with Crippen molar-refractivity contribution < 1.29 is 23.9 Å². The van der Waals surface area contributed by atoms with E-state index in [4.69, 9.17) is 4.74 Å². The van der Waals surface area contributed by atoms with Crippen molar-refractivity contribution in [3.8, 4) is 5.75 Å². The van der Waals surface area contributed by atoms with E-state index < -0.39 is 24.0 Å². The standard InChI is InChI=1S/C17H15NO5/c1-22-17(21)16(20)9-15(19)14-8-7-13(10-18-14)23-11-12-5-3-2-4-6-12/h2-8,10H,9,11H2,1H3. The molecule has 0 aliphatic heterocycles. The number of nitrogens with zero attached hydrogens (tertiary/aromatic N) is 1. The van der Waals surface area contributed by atoms with Crippen molar-refractivity contribution in [2.24, 2.45) is 0 Å². The summed E-state index contributed by atoms with van der Waals surface area (Å²) < 4.78 is 9.81. The summed E-state index contributed by atoms with van der Waals surface area (Å²) in [4.78, 5) is 38.1. The average molecular weight is 313 g/mol. The van der Waals surface area contributed by atoms with E-state index in [-0.39, 0.29) is 5.69 Å². The highest BCUT2D eigenvalue weighted by Gasteiger charge is 2.20. The molecule has 6 nitrogen and oxygen atoms in total. The molecule has 1 aromatic carbocycles. The number of ether oxygens (including phenoxy) is 2. The van der Waals surface area contributed by atoms with Gasteiger partial charge in [0.2, 0.25) is 5.78 Å². The van der Waals surface area contributed by atoms with Crippen molar-refractivity contribution in [2.75, 3.05) is 7.11 Å². The Labute approximate surface area is 133 Å². The van der Waals surface area contributed by atoms with Crippen molar-refractivity contribution in [1.82, 2.24) is 4.98 Å². The van der Waals surface area contributed by atoms with Crippen LogP contribution in [0.2, 0.25) is 0 Å². The van der Waals surface area contributed by atoms with Crippen molar-refractivity contribution in [3.05, 3.63) is 59.9 Å². The Kier molecular flexibility index (Phi) is 5.57. The molecule has 0 fully saturated rings. The Morgan fingerprint density at radius 2 is 1.78 bits per heavy atom. The van der Waals surface area contributed by atoms with Crippen LogP contribution in [0.15, 0.2) is 48.7 Å². The maximum atomic E-state index is 11.8. The van der Waals surface area contributed by atoms with Crippen LogP contribution in [0.4, 0.5) is 0 Å². The third-order valence-corrected chi connectivity index (χ3v) is 3.00. The van der Waals surface area contributed by atoms with Crippen molar-refractivity contribution in [3.63, 3.8) is 0 Å². The lowest BCUT2D eigenvalue weighted by molar-refractivity contribution is -0.151. The normalized spacial score (nSPS) is 9.96. The molecule has 1 heterocycles. The molecule has 0 saturated carbocycles. The van der Waals surface area contributed by atoms with Gasteiger partial charge in [-0.3, -0.25) is 9.59 Å². The molecule has 0 aliphatic carbocycles. The molecule has 0 saturated heterocycles. The summed E-state index contributed by atoms with van der Waals surface area (Å²) in [6.07, 6.45) is 0.836. The van der Waals surface area contributed by atoms with E-state index in [1.807, 2.05) is 30.3 Å². The van der Waals surface area contributed by atoms with Crippen LogP contribution in [0, 0.1) is 0 Å². The summed E-state index contributed by atoms with van der Waals surface area (Å²) in [6.45, 7) is 0.386. The van der Waals surface area contributed by atoms with Gasteiger partial charge < -0.3 is 9.47 Å². The predicted octanol–water partition coefficient (Wildman–Crippen LogP) is 1.98. The van der Waals surface area contributed by atoms with Gasteiger partial charge in [-0.15, -0.1) is 0 Å². The summed E-state index contributed by atoms with van der Waals surface area (Å²) in [7, 11) is 1.09. The number of Topliss-reactive ketones (excluding diaryl/α,β-unsaturated/α-hetero) is 2. The summed E-state index contributed by atoms with van der Waals surface area (Å²) in [5.41, 5.74) is 1.10. The first-order valence-corrected chi connectivity index (χ1v) is 6.87. The molecule has 0 spiro atoms. The molecular formula is C17H15NO5. The Morgan fingerprint density at radius 1 is 1.04 bits per heavy atom. The molecule has 2 aromatic rings. The van der Waals surface area contributed by atoms with E-state index in [1.165, 1.54) is 12.3 Å². The van der Waals surface area contributed by atoms with E-state index in [1.54, 1.807) is 6.07 Å². The van der Waals surface area contributed by atoms with Crippen LogP contribution in [-0.4, -0.2) is 29.6 Å². The van der Waals surface area contributed by atoms with Crippen LogP contribution >= 0.6 is 0 Å². The zero-order valence-electron chi connectivity index (χ0n) is 12.5. The molecule has 0 bridgehead atoms. The molecule has 0 unspecified atom stereocenters. The number of esters is 1. The lowest BCUT2D eigenvalue weighted by Gasteiger charge is -2.06. The fraction of sp³-hybridized carbons (Fsp3) is 0.176. The topological polar surface area (TPSA) is 82.6 Å². The molecule has 2 rings (SSSR count). The quantitative estimate of drug-likeness (QED) is 0.336. The largest absolute Gasteiger partial charge is 0.487 e. The van der Waals surface area contributed by atoms with E-state index in [9.17, 15) is 14.4 Å². The minimum Gasteiger partial charge on any atom is -0.487 e. The minimum atomic E-state index is -1.04. The molecule has 0 N–H and O–H groups in total. The predicted molar refractivity (Wildman–Crippen MR) is 81.0 cm³/mol. The minimum absolute atomic E-state index is 0.0920. The number of carbonyl (C=O) groups is 3. The Morgan fingerprint density at radius 3 is 2.39 bits per heavy atom. The highest BCUT2D eigenvalue weighted by molar-refractivity contribution is 6.37. The monoisotopic (exact) mass is 313 g/mol. The van der Waals surface area contributed by atoms with E-state index in [0.717, 1.165) is 12.7 Å². The number of methoxy groups -OCH3 is 1. The second-order valence-electron chi connectivity index (χ2n) is 4.67. The molecule has 1 aromatic heterocycles. The number of rotatable bonds is 7. The Balaban J connectivity index is 1.92. The SMILES string of the molecule is COC(=O)C(=O)CC(=O)c1ccc(OCc2ccccc2)cn1. The van der Waals surface area contributed by atoms with Gasteiger partial charge in [-0.25, -0.2) is 9.78 Å². The van der Waals surface area contributed by atoms with Crippen LogP contribution in [0.25, 0.3) is 0 Å². The number of pyridine rings is 1. The molecule has 6 heteroatoms. The summed E-state index contributed by atoms with van der Waals surface area (Å²) in [5, 5.41) is 0. The van der Waals surface area contributed by atoms with Crippen molar-refractivity contribution in [2.45, 2.75) is 13.0 Å². The second kappa shape index (κ2) is 7.84. The maximum Gasteiger partial charge on any atom is 0.374 e. The number of ketones is 2. The molecule has 118 valence electrons.